The minimum atomic E-state index is -3.77. The van der Waals surface area contributed by atoms with Crippen molar-refractivity contribution in [2.75, 3.05) is 6.26 Å². The third-order valence-corrected chi connectivity index (χ3v) is 4.42. The van der Waals surface area contributed by atoms with E-state index in [-0.39, 0.29) is 0 Å². The van der Waals surface area contributed by atoms with E-state index in [9.17, 15) is 13.2 Å². The summed E-state index contributed by atoms with van der Waals surface area (Å²) in [6, 6.07) is 5.71. The lowest BCUT2D eigenvalue weighted by molar-refractivity contribution is 0.0979. The van der Waals surface area contributed by atoms with Crippen molar-refractivity contribution in [1.29, 1.82) is 0 Å². The first kappa shape index (κ1) is 16.2. The fourth-order valence-corrected chi connectivity index (χ4v) is 3.01. The molecule has 0 aliphatic carbocycles. The molecule has 0 atom stereocenters. The second-order valence-corrected chi connectivity index (χ2v) is 7.38. The van der Waals surface area contributed by atoms with Gasteiger partial charge in [0.05, 0.1) is 11.1 Å². The van der Waals surface area contributed by atoms with Crippen LogP contribution in [0.2, 0.25) is 0 Å². The molecule has 0 saturated carbocycles. The maximum absolute atomic E-state index is 12.1. The summed E-state index contributed by atoms with van der Waals surface area (Å²) in [7, 11) is -3.77. The Bertz CT molecular complexity index is 869. The number of hydrogen-bond acceptors (Lipinski definition) is 6. The smallest absolute Gasteiger partial charge is 0.325 e. The summed E-state index contributed by atoms with van der Waals surface area (Å²) < 4.78 is 26.7. The highest BCUT2D eigenvalue weighted by Gasteiger charge is 2.13. The van der Waals surface area contributed by atoms with E-state index in [1.807, 2.05) is 26.0 Å². The van der Waals surface area contributed by atoms with Gasteiger partial charge < -0.3 is 5.73 Å². The van der Waals surface area contributed by atoms with Crippen LogP contribution in [-0.2, 0) is 14.4 Å². The zero-order chi connectivity index (χ0) is 16.5. The van der Waals surface area contributed by atoms with Gasteiger partial charge in [0.1, 0.15) is 0 Å². The Hall–Kier alpha value is -2.13. The van der Waals surface area contributed by atoms with Gasteiger partial charge in [0.25, 0.3) is 5.91 Å². The molecule has 3 N–H and O–H groups in total. The van der Waals surface area contributed by atoms with E-state index in [0.29, 0.717) is 4.88 Å². The third-order valence-electron chi connectivity index (χ3n) is 2.98. The molecule has 0 radical (unpaired) electrons. The molecule has 2 aromatic rings. The number of guanidine groups is 1. The van der Waals surface area contributed by atoms with Gasteiger partial charge in [-0.25, -0.2) is 0 Å². The molecular weight excluding hydrogens is 326 g/mol. The molecule has 0 aliphatic heterocycles. The molecule has 1 amide bonds. The third kappa shape index (κ3) is 3.74. The first-order chi connectivity index (χ1) is 10.2. The molecule has 0 fully saturated rings. The molecule has 7 nitrogen and oxygen atoms in total. The van der Waals surface area contributed by atoms with Gasteiger partial charge in [-0.15, -0.1) is 11.3 Å². The van der Waals surface area contributed by atoms with Crippen molar-refractivity contribution in [2.45, 2.75) is 13.8 Å². The van der Waals surface area contributed by atoms with Crippen LogP contribution in [0.25, 0.3) is 10.1 Å². The zero-order valence-corrected chi connectivity index (χ0v) is 13.8. The molecular formula is C13H15N3O4S2. The predicted octanol–water partition coefficient (Wildman–Crippen LogP) is 1.45. The Morgan fingerprint density at radius 1 is 1.36 bits per heavy atom. The number of benzene rings is 1. The van der Waals surface area contributed by atoms with Crippen molar-refractivity contribution in [3.05, 3.63) is 34.2 Å². The Morgan fingerprint density at radius 2 is 2.05 bits per heavy atom. The molecule has 22 heavy (non-hydrogen) atoms. The normalized spacial score (nSPS) is 12.4. The van der Waals surface area contributed by atoms with Crippen molar-refractivity contribution >= 4 is 43.4 Å². The topological polar surface area (TPSA) is 111 Å². The minimum Gasteiger partial charge on any atom is -0.367 e. The quantitative estimate of drug-likeness (QED) is 0.499. The van der Waals surface area contributed by atoms with Gasteiger partial charge >= 0.3 is 10.1 Å². The van der Waals surface area contributed by atoms with Gasteiger partial charge in [-0.3, -0.25) is 14.4 Å². The molecule has 1 aromatic carbocycles. The van der Waals surface area contributed by atoms with Gasteiger partial charge in [0.15, 0.2) is 0 Å². The number of hydrogen-bond donors (Lipinski definition) is 2. The van der Waals surface area contributed by atoms with Crippen LogP contribution in [0.4, 0.5) is 0 Å². The van der Waals surface area contributed by atoms with Crippen LogP contribution < -0.4 is 11.1 Å². The molecule has 0 unspecified atom stereocenters. The second kappa shape index (κ2) is 5.93. The lowest BCUT2D eigenvalue weighted by Crippen LogP contribution is -2.36. The molecule has 9 heteroatoms. The summed E-state index contributed by atoms with van der Waals surface area (Å²) >= 11 is 1.31. The fraction of sp³-hybridized carbons (Fsp3) is 0.231. The maximum atomic E-state index is 12.1. The number of carbonyl (C=O) groups is 1. The van der Waals surface area contributed by atoms with Crippen LogP contribution in [-0.4, -0.2) is 26.5 Å². The van der Waals surface area contributed by atoms with Crippen molar-refractivity contribution in [3.8, 4) is 0 Å². The zero-order valence-electron chi connectivity index (χ0n) is 12.2. The number of oxime groups is 1. The van der Waals surface area contributed by atoms with Crippen LogP contribution in [0.3, 0.4) is 0 Å². The first-order valence-corrected chi connectivity index (χ1v) is 8.84. The SMILES string of the molecule is Cc1ccc2sc(C(=O)NC(N)=NOS(C)(=O)=O)cc2c1C. The molecule has 0 spiro atoms. The molecule has 118 valence electrons. The molecule has 1 heterocycles. The molecule has 0 aliphatic rings. The number of fused-ring (bicyclic) bond motifs is 1. The number of nitrogens with one attached hydrogen (secondary N) is 1. The van der Waals surface area contributed by atoms with E-state index >= 15 is 0 Å². The van der Waals surface area contributed by atoms with Gasteiger partial charge in [0, 0.05) is 4.70 Å². The fourth-order valence-electron chi connectivity index (χ4n) is 1.78. The number of thiophene rings is 1. The molecule has 1 aromatic heterocycles. The van der Waals surface area contributed by atoms with Crippen LogP contribution in [0.15, 0.2) is 23.4 Å². The number of aryl methyl sites for hydroxylation is 2. The average molecular weight is 341 g/mol. The Balaban J connectivity index is 2.22. The van der Waals surface area contributed by atoms with E-state index < -0.39 is 22.0 Å². The van der Waals surface area contributed by atoms with Gasteiger partial charge in [0.2, 0.25) is 5.96 Å². The van der Waals surface area contributed by atoms with Crippen molar-refractivity contribution in [1.82, 2.24) is 5.32 Å². The Kier molecular flexibility index (Phi) is 4.38. The summed E-state index contributed by atoms with van der Waals surface area (Å²) in [4.78, 5) is 12.5. The standard InChI is InChI=1S/C13H15N3O4S2/c1-7-4-5-10-9(8(7)2)6-11(21-10)12(17)15-13(14)16-20-22(3,18)19/h4-6H,1-3H3,(H3,14,15,16,17). The lowest BCUT2D eigenvalue weighted by Gasteiger charge is -2.01. The summed E-state index contributed by atoms with van der Waals surface area (Å²) in [6.45, 7) is 3.99. The van der Waals surface area contributed by atoms with Crippen LogP contribution in [0, 0.1) is 13.8 Å². The van der Waals surface area contributed by atoms with Crippen LogP contribution in [0.1, 0.15) is 20.8 Å². The lowest BCUT2D eigenvalue weighted by atomic mass is 10.1. The molecule has 2 rings (SSSR count). The number of rotatable bonds is 3. The number of carbonyl (C=O) groups excluding carboxylic acids is 1. The highest BCUT2D eigenvalue weighted by Crippen LogP contribution is 2.29. The van der Waals surface area contributed by atoms with E-state index in [2.05, 4.69) is 14.8 Å². The number of amides is 1. The van der Waals surface area contributed by atoms with Gasteiger partial charge in [-0.05, 0) is 47.6 Å². The number of nitrogens with two attached hydrogens (primary N) is 1. The summed E-state index contributed by atoms with van der Waals surface area (Å²) in [5.41, 5.74) is 7.65. The van der Waals surface area contributed by atoms with E-state index in [0.717, 1.165) is 27.5 Å². The highest BCUT2D eigenvalue weighted by atomic mass is 32.2. The van der Waals surface area contributed by atoms with Gasteiger partial charge in [-0.2, -0.15) is 8.42 Å². The Labute approximate surface area is 131 Å². The average Bonchev–Trinajstić information content (AvgIpc) is 2.85. The largest absolute Gasteiger partial charge is 0.367 e. The predicted molar refractivity (Wildman–Crippen MR) is 86.3 cm³/mol. The Morgan fingerprint density at radius 3 is 2.68 bits per heavy atom. The van der Waals surface area contributed by atoms with Crippen molar-refractivity contribution < 1.29 is 17.5 Å². The first-order valence-electron chi connectivity index (χ1n) is 6.20. The van der Waals surface area contributed by atoms with Crippen LogP contribution >= 0.6 is 11.3 Å². The van der Waals surface area contributed by atoms with Crippen molar-refractivity contribution in [3.63, 3.8) is 0 Å². The monoisotopic (exact) mass is 341 g/mol. The highest BCUT2D eigenvalue weighted by molar-refractivity contribution is 7.85. The van der Waals surface area contributed by atoms with Gasteiger partial charge in [-0.1, -0.05) is 6.07 Å². The van der Waals surface area contributed by atoms with E-state index in [1.54, 1.807) is 6.07 Å². The maximum Gasteiger partial charge on any atom is 0.325 e. The minimum absolute atomic E-state index is 0.430. The summed E-state index contributed by atoms with van der Waals surface area (Å²) in [5.74, 6) is -0.905. The van der Waals surface area contributed by atoms with Crippen molar-refractivity contribution in [2.24, 2.45) is 10.9 Å². The van der Waals surface area contributed by atoms with E-state index in [4.69, 9.17) is 5.73 Å². The molecule has 0 saturated heterocycles. The van der Waals surface area contributed by atoms with E-state index in [1.165, 1.54) is 11.3 Å². The van der Waals surface area contributed by atoms with Crippen LogP contribution in [0.5, 0.6) is 0 Å². The number of nitrogens with zero attached hydrogens (tertiary/aromatic N) is 1. The summed E-state index contributed by atoms with van der Waals surface area (Å²) in [5, 5.41) is 6.40. The summed E-state index contributed by atoms with van der Waals surface area (Å²) in [6.07, 6.45) is 0.822. The second-order valence-electron chi connectivity index (χ2n) is 4.74. The molecule has 0 bridgehead atoms.